The van der Waals surface area contributed by atoms with Crippen LogP contribution in [-0.2, 0) is 0 Å². The van der Waals surface area contributed by atoms with Crippen LogP contribution < -0.4 is 16.8 Å². The van der Waals surface area contributed by atoms with E-state index >= 15 is 0 Å². The van der Waals surface area contributed by atoms with Crippen LogP contribution in [0.2, 0.25) is 0 Å². The summed E-state index contributed by atoms with van der Waals surface area (Å²) in [6.07, 6.45) is 3.35. The van der Waals surface area contributed by atoms with Crippen molar-refractivity contribution in [2.24, 2.45) is 11.5 Å². The van der Waals surface area contributed by atoms with Gasteiger partial charge in [0.05, 0.1) is 23.4 Å². The lowest BCUT2D eigenvalue weighted by atomic mass is 9.88. The first-order valence-electron chi connectivity index (χ1n) is 20.4. The van der Waals surface area contributed by atoms with E-state index in [0.29, 0.717) is 0 Å². The number of benzene rings is 8. The van der Waals surface area contributed by atoms with Crippen LogP contribution in [0, 0.1) is 0 Å². The monoisotopic (exact) mass is 773 g/mol. The molecule has 0 aliphatic rings. The minimum absolute atomic E-state index is 0.275. The van der Waals surface area contributed by atoms with Crippen molar-refractivity contribution in [3.63, 3.8) is 0 Å². The molecule has 8 aromatic carbocycles. The molecule has 0 fully saturated rings. The molecule has 60 heavy (non-hydrogen) atoms. The molecule has 0 saturated heterocycles. The van der Waals surface area contributed by atoms with Gasteiger partial charge in [-0.2, -0.15) is 0 Å². The zero-order valence-electron chi connectivity index (χ0n) is 33.0. The van der Waals surface area contributed by atoms with Crippen molar-refractivity contribution in [2.45, 2.75) is 18.2 Å². The minimum atomic E-state index is -0.433. The molecule has 2 heterocycles. The minimum Gasteiger partial charge on any atom is -0.322 e. The highest BCUT2D eigenvalue weighted by atomic mass is 15.1. The summed E-state index contributed by atoms with van der Waals surface area (Å²) in [6, 6.07) is 69.5. The van der Waals surface area contributed by atoms with Crippen LogP contribution in [0.4, 0.5) is 0 Å². The molecule has 5 heteroatoms. The molecule has 5 nitrogen and oxygen atoms in total. The molecule has 288 valence electrons. The van der Waals surface area contributed by atoms with Crippen molar-refractivity contribution in [2.75, 3.05) is 0 Å². The van der Waals surface area contributed by atoms with Crippen LogP contribution in [0.25, 0.3) is 77.1 Å². The van der Waals surface area contributed by atoms with Crippen LogP contribution in [0.5, 0.6) is 0 Å². The highest BCUT2D eigenvalue weighted by Crippen LogP contribution is 2.38. The largest absolute Gasteiger partial charge is 0.322 e. The lowest BCUT2D eigenvalue weighted by Gasteiger charge is -2.30. The third kappa shape index (κ3) is 7.34. The van der Waals surface area contributed by atoms with Gasteiger partial charge >= 0.3 is 0 Å². The van der Waals surface area contributed by atoms with Crippen LogP contribution >= 0.6 is 0 Å². The molecular formula is C55H43N5. The van der Waals surface area contributed by atoms with Gasteiger partial charge in [0.2, 0.25) is 0 Å². The van der Waals surface area contributed by atoms with Gasteiger partial charge in [-0.15, -0.1) is 0 Å². The Kier molecular flexibility index (Phi) is 9.97. The van der Waals surface area contributed by atoms with E-state index in [1.54, 1.807) is 0 Å². The molecule has 5 N–H and O–H groups in total. The second-order valence-electron chi connectivity index (χ2n) is 15.4. The van der Waals surface area contributed by atoms with E-state index in [2.05, 4.69) is 168 Å². The number of rotatable bonds is 10. The Balaban J connectivity index is 1.06. The highest BCUT2D eigenvalue weighted by Gasteiger charge is 2.25. The third-order valence-corrected chi connectivity index (χ3v) is 11.7. The van der Waals surface area contributed by atoms with Crippen LogP contribution in [-0.4, -0.2) is 9.97 Å². The van der Waals surface area contributed by atoms with Crippen LogP contribution in [0.1, 0.15) is 34.9 Å². The van der Waals surface area contributed by atoms with E-state index in [1.165, 1.54) is 21.9 Å². The van der Waals surface area contributed by atoms with Crippen molar-refractivity contribution in [3.05, 3.63) is 229 Å². The summed E-state index contributed by atoms with van der Waals surface area (Å²) in [5.41, 5.74) is 26.9. The predicted molar refractivity (Wildman–Crippen MR) is 249 cm³/mol. The zero-order valence-corrected chi connectivity index (χ0v) is 33.0. The Labute approximate surface area is 350 Å². The van der Waals surface area contributed by atoms with Gasteiger partial charge in [0.25, 0.3) is 0 Å². The molecule has 0 saturated carbocycles. The number of nitrogens with one attached hydrogen (secondary N) is 1. The molecule has 2 unspecified atom stereocenters. The van der Waals surface area contributed by atoms with Gasteiger partial charge in [0, 0.05) is 34.8 Å². The quantitative estimate of drug-likeness (QED) is 0.0951. The summed E-state index contributed by atoms with van der Waals surface area (Å²) in [4.78, 5) is 9.61. The van der Waals surface area contributed by atoms with E-state index in [1.807, 2.05) is 54.9 Å². The third-order valence-electron chi connectivity index (χ3n) is 11.7. The number of para-hydroxylation sites is 1. The molecule has 0 bridgehead atoms. The van der Waals surface area contributed by atoms with Gasteiger partial charge < -0.3 is 11.5 Å². The molecule has 0 radical (unpaired) electrons. The zero-order chi connectivity index (χ0) is 40.4. The maximum Gasteiger partial charge on any atom is 0.0815 e. The number of nitrogens with zero attached hydrogens (tertiary/aromatic N) is 2. The normalized spacial score (nSPS) is 13.0. The second kappa shape index (κ2) is 16.2. The van der Waals surface area contributed by atoms with Gasteiger partial charge in [-0.1, -0.05) is 164 Å². The topological polar surface area (TPSA) is 89.8 Å². The SMILES string of the molecule is NC(NC(c1ccccc1)[C@@H](N)c1cc(-c2ccc(-c3ccc4ccccc4c3)cc2)cc(-c2ccc(-c3nc4ccccc4c4ccncc34)cc2)c1)c1ccccc1. The summed E-state index contributed by atoms with van der Waals surface area (Å²) in [5, 5.41) is 9.45. The van der Waals surface area contributed by atoms with Crippen LogP contribution in [0.15, 0.2) is 213 Å². The Morgan fingerprint density at radius 3 is 1.67 bits per heavy atom. The van der Waals surface area contributed by atoms with Crippen LogP contribution in [0.3, 0.4) is 0 Å². The first-order valence-corrected chi connectivity index (χ1v) is 20.4. The fourth-order valence-electron chi connectivity index (χ4n) is 8.45. The molecule has 2 aromatic heterocycles. The molecule has 10 aromatic rings. The second-order valence-corrected chi connectivity index (χ2v) is 15.4. The lowest BCUT2D eigenvalue weighted by molar-refractivity contribution is 0.398. The van der Waals surface area contributed by atoms with E-state index in [9.17, 15) is 0 Å². The number of aromatic nitrogens is 2. The van der Waals surface area contributed by atoms with Gasteiger partial charge in [0.15, 0.2) is 0 Å². The molecule has 0 amide bonds. The summed E-state index contributed by atoms with van der Waals surface area (Å²) in [7, 11) is 0. The average molecular weight is 774 g/mol. The first kappa shape index (κ1) is 37.0. The summed E-state index contributed by atoms with van der Waals surface area (Å²) in [5.74, 6) is 0. The fraction of sp³-hybridized carbons (Fsp3) is 0.0545. The lowest BCUT2D eigenvalue weighted by Crippen LogP contribution is -2.38. The molecular weight excluding hydrogens is 731 g/mol. The maximum atomic E-state index is 7.40. The van der Waals surface area contributed by atoms with Crippen molar-refractivity contribution < 1.29 is 0 Å². The highest BCUT2D eigenvalue weighted by molar-refractivity contribution is 6.10. The summed E-state index contributed by atoms with van der Waals surface area (Å²) >= 11 is 0. The van der Waals surface area contributed by atoms with E-state index in [4.69, 9.17) is 16.5 Å². The molecule has 0 aliphatic heterocycles. The van der Waals surface area contributed by atoms with E-state index in [0.717, 1.165) is 71.9 Å². The van der Waals surface area contributed by atoms with Crippen molar-refractivity contribution in [1.29, 1.82) is 0 Å². The Hall–Kier alpha value is -7.28. The summed E-state index contributed by atoms with van der Waals surface area (Å²) in [6.45, 7) is 0. The first-order chi connectivity index (χ1) is 29.6. The van der Waals surface area contributed by atoms with E-state index < -0.39 is 12.2 Å². The fourth-order valence-corrected chi connectivity index (χ4v) is 8.45. The summed E-state index contributed by atoms with van der Waals surface area (Å²) < 4.78 is 0. The number of hydrogen-bond acceptors (Lipinski definition) is 5. The number of nitrogens with two attached hydrogens (primary N) is 2. The number of fused-ring (bicyclic) bond motifs is 4. The maximum absolute atomic E-state index is 7.40. The molecule has 0 spiro atoms. The van der Waals surface area contributed by atoms with Gasteiger partial charge in [0.1, 0.15) is 0 Å². The van der Waals surface area contributed by atoms with Crippen molar-refractivity contribution in [3.8, 4) is 44.6 Å². The van der Waals surface area contributed by atoms with Crippen molar-refractivity contribution >= 4 is 32.4 Å². The van der Waals surface area contributed by atoms with Gasteiger partial charge in [-0.05, 0) is 103 Å². The number of hydrogen-bond donors (Lipinski definition) is 3. The smallest absolute Gasteiger partial charge is 0.0815 e. The predicted octanol–water partition coefficient (Wildman–Crippen LogP) is 12.6. The van der Waals surface area contributed by atoms with E-state index in [-0.39, 0.29) is 6.04 Å². The van der Waals surface area contributed by atoms with Gasteiger partial charge in [-0.3, -0.25) is 10.3 Å². The number of pyridine rings is 2. The van der Waals surface area contributed by atoms with Crippen molar-refractivity contribution in [1.82, 2.24) is 15.3 Å². The van der Waals surface area contributed by atoms with Gasteiger partial charge in [-0.25, -0.2) is 4.98 Å². The Bertz CT molecular complexity index is 3090. The Morgan fingerprint density at radius 1 is 0.400 bits per heavy atom. The molecule has 10 rings (SSSR count). The molecule has 0 aliphatic carbocycles. The average Bonchev–Trinajstić information content (AvgIpc) is 3.33. The Morgan fingerprint density at radius 2 is 0.967 bits per heavy atom. The molecule has 3 atom stereocenters. The standard InChI is InChI=1S/C55H43N5/c56-52(54(40-12-3-1-4-13-40)60-55(57)42-14-5-2-6-15-42)47-33-45(38-21-19-37(20-22-38)44-28-25-36-11-7-8-16-43(36)31-44)32-46(34-47)39-23-26-41(27-24-39)53-50-35-58-30-29-48(50)49-17-9-10-18-51(49)59-53/h1-35,52,54-55,60H,56-57H2/t52-,54?,55?/m0/s1.